The fourth-order valence-corrected chi connectivity index (χ4v) is 3.96. The van der Waals surface area contributed by atoms with Crippen LogP contribution in [0.5, 0.6) is 0 Å². The molecular formula is C20H30N4O. The molecule has 5 nitrogen and oxygen atoms in total. The Hall–Kier alpha value is -1.72. The molecule has 25 heavy (non-hydrogen) atoms. The summed E-state index contributed by atoms with van der Waals surface area (Å²) in [6.45, 7) is 3.76. The van der Waals surface area contributed by atoms with Gasteiger partial charge in [-0.2, -0.15) is 0 Å². The summed E-state index contributed by atoms with van der Waals surface area (Å²) in [5, 5.41) is 3.36. The van der Waals surface area contributed by atoms with Crippen LogP contribution in [0.25, 0.3) is 0 Å². The van der Waals surface area contributed by atoms with Crippen LogP contribution in [-0.4, -0.2) is 60.5 Å². The zero-order chi connectivity index (χ0) is 17.6. The summed E-state index contributed by atoms with van der Waals surface area (Å²) in [5.41, 5.74) is 1.09. The van der Waals surface area contributed by atoms with Gasteiger partial charge >= 0.3 is 0 Å². The van der Waals surface area contributed by atoms with Crippen molar-refractivity contribution in [2.75, 3.05) is 33.7 Å². The van der Waals surface area contributed by atoms with Crippen LogP contribution >= 0.6 is 0 Å². The highest BCUT2D eigenvalue weighted by Crippen LogP contribution is 2.23. The third kappa shape index (κ3) is 5.13. The van der Waals surface area contributed by atoms with Crippen LogP contribution in [0.15, 0.2) is 36.5 Å². The Morgan fingerprint density at radius 3 is 2.88 bits per heavy atom. The molecule has 1 aromatic heterocycles. The van der Waals surface area contributed by atoms with Crippen molar-refractivity contribution in [2.45, 2.75) is 31.8 Å². The van der Waals surface area contributed by atoms with Crippen molar-refractivity contribution < 1.29 is 4.79 Å². The number of likely N-dealkylation sites (tertiary alicyclic amines) is 1. The second-order valence-electron chi connectivity index (χ2n) is 7.63. The lowest BCUT2D eigenvalue weighted by Crippen LogP contribution is -2.45. The number of hydrogen-bond acceptors (Lipinski definition) is 4. The molecule has 3 rings (SSSR count). The third-order valence-corrected chi connectivity index (χ3v) is 5.20. The maximum absolute atomic E-state index is 12.7. The van der Waals surface area contributed by atoms with Crippen molar-refractivity contribution in [1.82, 2.24) is 20.1 Å². The van der Waals surface area contributed by atoms with Gasteiger partial charge in [0.2, 0.25) is 5.91 Å². The molecule has 1 saturated heterocycles. The maximum atomic E-state index is 12.7. The summed E-state index contributed by atoms with van der Waals surface area (Å²) >= 11 is 0. The van der Waals surface area contributed by atoms with Crippen molar-refractivity contribution in [3.8, 4) is 0 Å². The molecule has 0 radical (unpaired) electrons. The molecule has 3 atom stereocenters. The summed E-state index contributed by atoms with van der Waals surface area (Å²) in [5.74, 6) is 0.842. The highest BCUT2D eigenvalue weighted by molar-refractivity contribution is 5.79. The number of carbonyl (C=O) groups is 1. The largest absolute Gasteiger partial charge is 0.351 e. The van der Waals surface area contributed by atoms with Gasteiger partial charge in [-0.25, -0.2) is 0 Å². The molecule has 5 heteroatoms. The Morgan fingerprint density at radius 2 is 2.20 bits per heavy atom. The summed E-state index contributed by atoms with van der Waals surface area (Å²) in [6, 6.07) is 6.28. The zero-order valence-corrected chi connectivity index (χ0v) is 15.4. The molecule has 1 aliphatic heterocycles. The predicted octanol–water partition coefficient (Wildman–Crippen LogP) is 1.92. The lowest BCUT2D eigenvalue weighted by Gasteiger charge is -2.25. The quantitative estimate of drug-likeness (QED) is 0.803. The van der Waals surface area contributed by atoms with Crippen molar-refractivity contribution >= 4 is 5.91 Å². The Labute approximate surface area is 151 Å². The number of pyridine rings is 1. The van der Waals surface area contributed by atoms with Crippen LogP contribution in [0.1, 0.15) is 25.0 Å². The van der Waals surface area contributed by atoms with E-state index in [4.69, 9.17) is 0 Å². The Bertz CT molecular complexity index is 587. The monoisotopic (exact) mass is 342 g/mol. The smallest absolute Gasteiger partial charge is 0.223 e. The van der Waals surface area contributed by atoms with E-state index in [9.17, 15) is 4.79 Å². The summed E-state index contributed by atoms with van der Waals surface area (Å²) in [6.07, 6.45) is 9.06. The number of allylic oxidation sites excluding steroid dienone is 2. The van der Waals surface area contributed by atoms with Crippen molar-refractivity contribution in [3.05, 3.63) is 42.2 Å². The molecule has 136 valence electrons. The molecule has 1 aromatic rings. The van der Waals surface area contributed by atoms with Crippen LogP contribution in [0.3, 0.4) is 0 Å². The molecule has 1 fully saturated rings. The molecule has 1 unspecified atom stereocenters. The predicted molar refractivity (Wildman–Crippen MR) is 100.0 cm³/mol. The second kappa shape index (κ2) is 8.59. The maximum Gasteiger partial charge on any atom is 0.223 e. The normalized spacial score (nSPS) is 26.9. The number of rotatable bonds is 6. The first kappa shape index (κ1) is 18.1. The first-order chi connectivity index (χ1) is 12.1. The molecular weight excluding hydrogens is 312 g/mol. The molecule has 0 aromatic carbocycles. The first-order valence-electron chi connectivity index (χ1n) is 9.34. The third-order valence-electron chi connectivity index (χ3n) is 5.20. The minimum atomic E-state index is 0.148. The Morgan fingerprint density at radius 1 is 1.32 bits per heavy atom. The molecule has 2 aliphatic rings. The van der Waals surface area contributed by atoms with Gasteiger partial charge in [-0.1, -0.05) is 18.2 Å². The van der Waals surface area contributed by atoms with E-state index in [1.165, 1.54) is 0 Å². The molecule has 1 amide bonds. The van der Waals surface area contributed by atoms with Gasteiger partial charge in [0.25, 0.3) is 0 Å². The van der Waals surface area contributed by atoms with Crippen LogP contribution in [0.4, 0.5) is 0 Å². The summed E-state index contributed by atoms with van der Waals surface area (Å²) < 4.78 is 0. The zero-order valence-electron chi connectivity index (χ0n) is 15.4. The first-order valence-corrected chi connectivity index (χ1v) is 9.34. The van der Waals surface area contributed by atoms with E-state index in [-0.39, 0.29) is 17.9 Å². The van der Waals surface area contributed by atoms with Gasteiger partial charge in [-0.15, -0.1) is 0 Å². The van der Waals surface area contributed by atoms with Gasteiger partial charge in [-0.05, 0) is 45.5 Å². The lowest BCUT2D eigenvalue weighted by atomic mass is 9.92. The van der Waals surface area contributed by atoms with Gasteiger partial charge in [0.05, 0.1) is 5.69 Å². The number of amides is 1. The molecule has 0 saturated carbocycles. The van der Waals surface area contributed by atoms with E-state index in [2.05, 4.69) is 52.4 Å². The highest BCUT2D eigenvalue weighted by atomic mass is 16.2. The van der Waals surface area contributed by atoms with Crippen molar-refractivity contribution in [3.63, 3.8) is 0 Å². The molecule has 1 aliphatic carbocycles. The second-order valence-corrected chi connectivity index (χ2v) is 7.63. The topological polar surface area (TPSA) is 48.5 Å². The van der Waals surface area contributed by atoms with E-state index in [1.54, 1.807) is 0 Å². The van der Waals surface area contributed by atoms with E-state index in [0.29, 0.717) is 5.92 Å². The van der Waals surface area contributed by atoms with Crippen LogP contribution in [-0.2, 0) is 11.3 Å². The number of carbonyl (C=O) groups excluding carboxylic acids is 1. The van der Waals surface area contributed by atoms with Gasteiger partial charge < -0.3 is 10.2 Å². The Kier molecular flexibility index (Phi) is 6.21. The van der Waals surface area contributed by atoms with E-state index in [1.807, 2.05) is 18.3 Å². The van der Waals surface area contributed by atoms with Gasteiger partial charge in [0.1, 0.15) is 0 Å². The number of hydrogen-bond donors (Lipinski definition) is 1. The highest BCUT2D eigenvalue weighted by Gasteiger charge is 2.35. The Balaban J connectivity index is 1.61. The molecule has 0 bridgehead atoms. The molecule has 2 heterocycles. The molecule has 0 spiro atoms. The summed E-state index contributed by atoms with van der Waals surface area (Å²) in [4.78, 5) is 21.7. The lowest BCUT2D eigenvalue weighted by molar-refractivity contribution is -0.126. The average Bonchev–Trinajstić information content (AvgIpc) is 2.96. The minimum Gasteiger partial charge on any atom is -0.351 e. The summed E-state index contributed by atoms with van der Waals surface area (Å²) in [7, 11) is 4.21. The van der Waals surface area contributed by atoms with Gasteiger partial charge in [0, 0.05) is 50.3 Å². The van der Waals surface area contributed by atoms with Crippen LogP contribution < -0.4 is 5.32 Å². The van der Waals surface area contributed by atoms with Gasteiger partial charge in [-0.3, -0.25) is 14.7 Å². The minimum absolute atomic E-state index is 0.148. The van der Waals surface area contributed by atoms with E-state index in [0.717, 1.165) is 51.1 Å². The van der Waals surface area contributed by atoms with Crippen LogP contribution in [0, 0.1) is 11.8 Å². The van der Waals surface area contributed by atoms with Crippen molar-refractivity contribution in [1.29, 1.82) is 0 Å². The number of nitrogens with zero attached hydrogens (tertiary/aromatic N) is 3. The van der Waals surface area contributed by atoms with Gasteiger partial charge in [0.15, 0.2) is 0 Å². The van der Waals surface area contributed by atoms with E-state index < -0.39 is 0 Å². The fourth-order valence-electron chi connectivity index (χ4n) is 3.96. The number of nitrogens with one attached hydrogen (secondary N) is 1. The number of aromatic nitrogens is 1. The van der Waals surface area contributed by atoms with Crippen LogP contribution in [0.2, 0.25) is 0 Å². The standard InChI is InChI=1S/C20H30N4O/c1-23(2)12-17-13-24(14-18-10-6-7-11-21-18)15-19(17)22-20(25)16-8-4-3-5-9-16/h3-4,6-7,10-11,16-17,19H,5,8-9,12-15H2,1-2H3,(H,22,25)/t16?,17-,19-/m1/s1. The SMILES string of the molecule is CN(C)C[C@@H]1CN(Cc2ccccn2)C[C@H]1NC(=O)C1CC=CCC1. The average molecular weight is 342 g/mol. The molecule has 1 N–H and O–H groups in total. The van der Waals surface area contributed by atoms with Crippen molar-refractivity contribution in [2.24, 2.45) is 11.8 Å². The fraction of sp³-hybridized carbons (Fsp3) is 0.600. The van der Waals surface area contributed by atoms with E-state index >= 15 is 0 Å².